The Morgan fingerprint density at radius 1 is 1.50 bits per heavy atom. The molecular weight excluding hydrogens is 202 g/mol. The van der Waals surface area contributed by atoms with Gasteiger partial charge in [0, 0.05) is 5.57 Å². The average Bonchev–Trinajstić information content (AvgIpc) is 2.68. The van der Waals surface area contributed by atoms with Crippen LogP contribution in [-0.4, -0.2) is 17.4 Å². The molecule has 2 N–H and O–H groups in total. The Bertz CT molecular complexity index is 423. The van der Waals surface area contributed by atoms with Crippen LogP contribution >= 0.6 is 0 Å². The van der Waals surface area contributed by atoms with Crippen molar-refractivity contribution in [2.75, 3.05) is 6.61 Å². The van der Waals surface area contributed by atoms with Crippen LogP contribution in [0.15, 0.2) is 48.2 Å². The van der Waals surface area contributed by atoms with E-state index in [1.165, 1.54) is 0 Å². The molecule has 2 atom stereocenters. The van der Waals surface area contributed by atoms with Gasteiger partial charge in [0.1, 0.15) is 11.6 Å². The lowest BCUT2D eigenvalue weighted by Crippen LogP contribution is -2.44. The Morgan fingerprint density at radius 3 is 2.75 bits per heavy atom. The zero-order valence-electron chi connectivity index (χ0n) is 9.23. The summed E-state index contributed by atoms with van der Waals surface area (Å²) in [4.78, 5) is 0. The molecule has 1 aliphatic heterocycles. The van der Waals surface area contributed by atoms with Crippen molar-refractivity contribution >= 4 is 0 Å². The van der Waals surface area contributed by atoms with Crippen molar-refractivity contribution < 1.29 is 9.94 Å². The minimum absolute atomic E-state index is 0.219. The quantitative estimate of drug-likeness (QED) is 0.589. The second-order valence-corrected chi connectivity index (χ2v) is 4.07. The molecule has 1 fully saturated rings. The fourth-order valence-electron chi connectivity index (χ4n) is 2.06. The Labute approximate surface area is 95.0 Å². The summed E-state index contributed by atoms with van der Waals surface area (Å²) < 4.78 is 5.69. The van der Waals surface area contributed by atoms with Gasteiger partial charge < -0.3 is 9.94 Å². The lowest BCUT2D eigenvalue weighted by Gasteiger charge is -2.28. The van der Waals surface area contributed by atoms with Crippen LogP contribution in [0.3, 0.4) is 0 Å². The highest BCUT2D eigenvalue weighted by atomic mass is 16.5. The highest BCUT2D eigenvalue weighted by Gasteiger charge is 2.44. The van der Waals surface area contributed by atoms with Crippen LogP contribution in [0.2, 0.25) is 0 Å². The minimum atomic E-state index is -0.650. The summed E-state index contributed by atoms with van der Waals surface area (Å²) in [7, 11) is 0. The molecule has 3 heteroatoms. The SMILES string of the molecule is C=C=C1CO[C@H](c2ccccc2)[C@@]1(C)NO. The molecule has 3 nitrogen and oxygen atoms in total. The van der Waals surface area contributed by atoms with Gasteiger partial charge in [-0.25, -0.2) is 0 Å². The van der Waals surface area contributed by atoms with Crippen molar-refractivity contribution in [2.45, 2.75) is 18.6 Å². The molecule has 16 heavy (non-hydrogen) atoms. The second kappa shape index (κ2) is 4.24. The molecule has 2 rings (SSSR count). The molecule has 0 saturated carbocycles. The molecular formula is C13H15NO2. The first-order chi connectivity index (χ1) is 7.72. The molecule has 0 aliphatic carbocycles. The van der Waals surface area contributed by atoms with Crippen molar-refractivity contribution in [3.05, 3.63) is 53.8 Å². The number of benzene rings is 1. The van der Waals surface area contributed by atoms with E-state index in [2.05, 4.69) is 17.8 Å². The Morgan fingerprint density at radius 2 is 2.19 bits per heavy atom. The third-order valence-electron chi connectivity index (χ3n) is 3.09. The van der Waals surface area contributed by atoms with Gasteiger partial charge in [-0.1, -0.05) is 36.9 Å². The predicted octanol–water partition coefficient (Wildman–Crippen LogP) is 2.21. The molecule has 0 radical (unpaired) electrons. The van der Waals surface area contributed by atoms with E-state index in [-0.39, 0.29) is 6.10 Å². The maximum atomic E-state index is 9.34. The van der Waals surface area contributed by atoms with E-state index in [4.69, 9.17) is 4.74 Å². The van der Waals surface area contributed by atoms with Gasteiger partial charge in [-0.3, -0.25) is 0 Å². The second-order valence-electron chi connectivity index (χ2n) is 4.07. The largest absolute Gasteiger partial charge is 0.366 e. The lowest BCUT2D eigenvalue weighted by molar-refractivity contribution is 0.0104. The van der Waals surface area contributed by atoms with Crippen LogP contribution in [0, 0.1) is 0 Å². The van der Waals surface area contributed by atoms with Gasteiger partial charge in [-0.15, -0.1) is 5.73 Å². The van der Waals surface area contributed by atoms with Crippen molar-refractivity contribution in [2.24, 2.45) is 0 Å². The summed E-state index contributed by atoms with van der Waals surface area (Å²) in [5.74, 6) is 0. The first-order valence-corrected chi connectivity index (χ1v) is 5.19. The van der Waals surface area contributed by atoms with Crippen LogP contribution in [0.5, 0.6) is 0 Å². The molecule has 0 bridgehead atoms. The van der Waals surface area contributed by atoms with Crippen LogP contribution < -0.4 is 5.48 Å². The Hall–Kier alpha value is -1.38. The third kappa shape index (κ3) is 1.60. The monoisotopic (exact) mass is 217 g/mol. The lowest BCUT2D eigenvalue weighted by atomic mass is 9.86. The first-order valence-electron chi connectivity index (χ1n) is 5.19. The molecule has 84 valence electrons. The summed E-state index contributed by atoms with van der Waals surface area (Å²) in [5.41, 5.74) is 6.36. The van der Waals surface area contributed by atoms with Crippen LogP contribution in [0.1, 0.15) is 18.6 Å². The normalized spacial score (nSPS) is 29.1. The topological polar surface area (TPSA) is 41.5 Å². The Kier molecular flexibility index (Phi) is 2.95. The number of hydrogen-bond acceptors (Lipinski definition) is 3. The number of hydrogen-bond donors (Lipinski definition) is 2. The maximum Gasteiger partial charge on any atom is 0.108 e. The van der Waals surface area contributed by atoms with Gasteiger partial charge in [0.05, 0.1) is 6.61 Å². The molecule has 0 unspecified atom stereocenters. The highest BCUT2D eigenvalue weighted by molar-refractivity contribution is 5.32. The minimum Gasteiger partial charge on any atom is -0.366 e. The average molecular weight is 217 g/mol. The van der Waals surface area contributed by atoms with E-state index >= 15 is 0 Å². The van der Waals surface area contributed by atoms with Gasteiger partial charge in [0.2, 0.25) is 0 Å². The van der Waals surface area contributed by atoms with Crippen molar-refractivity contribution in [1.29, 1.82) is 0 Å². The first kappa shape index (κ1) is 11.1. The van der Waals surface area contributed by atoms with Gasteiger partial charge >= 0.3 is 0 Å². The highest BCUT2D eigenvalue weighted by Crippen LogP contribution is 2.40. The van der Waals surface area contributed by atoms with Gasteiger partial charge in [-0.05, 0) is 12.5 Å². The summed E-state index contributed by atoms with van der Waals surface area (Å²) in [6.07, 6.45) is -0.219. The van der Waals surface area contributed by atoms with Gasteiger partial charge in [0.15, 0.2) is 0 Å². The summed E-state index contributed by atoms with van der Waals surface area (Å²) in [6, 6.07) is 9.81. The summed E-state index contributed by atoms with van der Waals surface area (Å²) >= 11 is 0. The molecule has 0 spiro atoms. The van der Waals surface area contributed by atoms with Gasteiger partial charge in [-0.2, -0.15) is 5.48 Å². The molecule has 1 heterocycles. The van der Waals surface area contributed by atoms with Crippen LogP contribution in [0.4, 0.5) is 0 Å². The molecule has 1 aromatic rings. The summed E-state index contributed by atoms with van der Waals surface area (Å²) in [5, 5.41) is 9.34. The van der Waals surface area contributed by atoms with Crippen molar-refractivity contribution in [3.8, 4) is 0 Å². The smallest absolute Gasteiger partial charge is 0.108 e. The van der Waals surface area contributed by atoms with Crippen molar-refractivity contribution in [1.82, 2.24) is 5.48 Å². The fourth-order valence-corrected chi connectivity index (χ4v) is 2.06. The van der Waals surface area contributed by atoms with E-state index in [0.29, 0.717) is 6.61 Å². The van der Waals surface area contributed by atoms with Gasteiger partial charge in [0.25, 0.3) is 0 Å². The van der Waals surface area contributed by atoms with E-state index < -0.39 is 5.54 Å². The summed E-state index contributed by atoms with van der Waals surface area (Å²) in [6.45, 7) is 5.94. The predicted molar refractivity (Wildman–Crippen MR) is 61.1 cm³/mol. The van der Waals surface area contributed by atoms with E-state index in [0.717, 1.165) is 11.1 Å². The third-order valence-corrected chi connectivity index (χ3v) is 3.09. The zero-order valence-corrected chi connectivity index (χ0v) is 9.23. The van der Waals surface area contributed by atoms with E-state index in [1.54, 1.807) is 0 Å². The standard InChI is InChI=1S/C13H15NO2/c1-3-11-9-16-12(13(11,2)14-15)10-7-5-4-6-8-10/h4-8,12,14-15H,1,9H2,2H3/t12-,13+/m1/s1. The molecule has 0 amide bonds. The van der Waals surface area contributed by atoms with Crippen molar-refractivity contribution in [3.63, 3.8) is 0 Å². The molecule has 1 saturated heterocycles. The van der Waals surface area contributed by atoms with E-state index in [9.17, 15) is 5.21 Å². The number of ether oxygens (including phenoxy) is 1. The van der Waals surface area contributed by atoms with E-state index in [1.807, 2.05) is 37.3 Å². The Balaban J connectivity index is 2.41. The zero-order chi connectivity index (χ0) is 11.6. The number of hydroxylamine groups is 1. The molecule has 0 aromatic heterocycles. The van der Waals surface area contributed by atoms with Crippen LogP contribution in [-0.2, 0) is 4.74 Å². The fraction of sp³-hybridized carbons (Fsp3) is 0.308. The van der Waals surface area contributed by atoms with Crippen LogP contribution in [0.25, 0.3) is 0 Å². The maximum absolute atomic E-state index is 9.34. The number of rotatable bonds is 2. The molecule has 1 aromatic carbocycles. The number of nitrogens with one attached hydrogen (secondary N) is 1. The molecule has 1 aliphatic rings.